The Morgan fingerprint density at radius 2 is 2.17 bits per heavy atom. The molecular weight excluding hydrogens is 230 g/mol. The van der Waals surface area contributed by atoms with Crippen LogP contribution in [-0.4, -0.2) is 60.9 Å². The molecule has 5 nitrogen and oxygen atoms in total. The first-order chi connectivity index (χ1) is 8.61. The van der Waals surface area contributed by atoms with Gasteiger partial charge in [0.15, 0.2) is 0 Å². The molecule has 0 aromatic rings. The molecule has 0 bridgehead atoms. The van der Waals surface area contributed by atoms with E-state index in [1.54, 1.807) is 4.90 Å². The molecule has 0 aromatic carbocycles. The molecule has 2 fully saturated rings. The molecule has 0 aromatic heterocycles. The van der Waals surface area contributed by atoms with Gasteiger partial charge in [0.1, 0.15) is 6.04 Å². The molecule has 18 heavy (non-hydrogen) atoms. The normalized spacial score (nSPS) is 30.4. The van der Waals surface area contributed by atoms with Gasteiger partial charge in [-0.05, 0) is 38.8 Å². The molecule has 2 aliphatic heterocycles. The molecular formula is C13H23N3O2. The van der Waals surface area contributed by atoms with E-state index < -0.39 is 0 Å². The number of amides is 2. The monoisotopic (exact) mass is 253 g/mol. The van der Waals surface area contributed by atoms with Crippen LogP contribution in [-0.2, 0) is 9.59 Å². The lowest BCUT2D eigenvalue weighted by atomic mass is 9.96. The Morgan fingerprint density at radius 1 is 1.39 bits per heavy atom. The van der Waals surface area contributed by atoms with Gasteiger partial charge < -0.3 is 15.1 Å². The minimum Gasteiger partial charge on any atom is -0.345 e. The van der Waals surface area contributed by atoms with Gasteiger partial charge in [0.05, 0.1) is 6.54 Å². The van der Waals surface area contributed by atoms with E-state index in [9.17, 15) is 9.59 Å². The third-order valence-electron chi connectivity index (χ3n) is 3.98. The molecule has 2 saturated heterocycles. The van der Waals surface area contributed by atoms with Gasteiger partial charge in [0, 0.05) is 13.1 Å². The number of rotatable bonds is 3. The van der Waals surface area contributed by atoms with Gasteiger partial charge in [-0.2, -0.15) is 0 Å². The summed E-state index contributed by atoms with van der Waals surface area (Å²) in [6, 6.07) is -0.265. The molecule has 2 atom stereocenters. The van der Waals surface area contributed by atoms with Gasteiger partial charge in [-0.1, -0.05) is 6.92 Å². The van der Waals surface area contributed by atoms with E-state index >= 15 is 0 Å². The van der Waals surface area contributed by atoms with Gasteiger partial charge in [-0.15, -0.1) is 0 Å². The summed E-state index contributed by atoms with van der Waals surface area (Å²) in [7, 11) is 2.12. The van der Waals surface area contributed by atoms with Crippen LogP contribution < -0.4 is 5.32 Å². The highest BCUT2D eigenvalue weighted by molar-refractivity contribution is 5.94. The van der Waals surface area contributed by atoms with Gasteiger partial charge in [-0.25, -0.2) is 0 Å². The first-order valence-corrected chi connectivity index (χ1v) is 6.87. The molecule has 2 rings (SSSR count). The van der Waals surface area contributed by atoms with E-state index in [1.807, 2.05) is 6.92 Å². The molecule has 102 valence electrons. The van der Waals surface area contributed by atoms with Crippen molar-refractivity contribution in [1.29, 1.82) is 0 Å². The topological polar surface area (TPSA) is 52.7 Å². The summed E-state index contributed by atoms with van der Waals surface area (Å²) in [5, 5.41) is 2.67. The Morgan fingerprint density at radius 3 is 2.83 bits per heavy atom. The quantitative estimate of drug-likeness (QED) is 0.774. The number of nitrogens with zero attached hydrogens (tertiary/aromatic N) is 2. The number of piperidine rings is 1. The fourth-order valence-corrected chi connectivity index (χ4v) is 3.03. The maximum absolute atomic E-state index is 12.0. The van der Waals surface area contributed by atoms with Crippen LogP contribution in [0.3, 0.4) is 0 Å². The lowest BCUT2D eigenvalue weighted by Crippen LogP contribution is -2.59. The zero-order chi connectivity index (χ0) is 13.1. The van der Waals surface area contributed by atoms with Crippen molar-refractivity contribution >= 4 is 11.8 Å². The van der Waals surface area contributed by atoms with E-state index in [2.05, 4.69) is 17.3 Å². The van der Waals surface area contributed by atoms with Crippen LogP contribution >= 0.6 is 0 Å². The zero-order valence-electron chi connectivity index (χ0n) is 11.3. The van der Waals surface area contributed by atoms with Gasteiger partial charge in [-0.3, -0.25) is 9.59 Å². The van der Waals surface area contributed by atoms with Gasteiger partial charge in [0.2, 0.25) is 11.8 Å². The molecule has 0 aliphatic carbocycles. The van der Waals surface area contributed by atoms with Crippen molar-refractivity contribution in [2.45, 2.75) is 32.2 Å². The van der Waals surface area contributed by atoms with E-state index in [-0.39, 0.29) is 24.4 Å². The molecule has 2 amide bonds. The van der Waals surface area contributed by atoms with Crippen molar-refractivity contribution in [2.75, 3.05) is 33.2 Å². The van der Waals surface area contributed by atoms with E-state index in [1.165, 1.54) is 6.42 Å². The highest BCUT2D eigenvalue weighted by atomic mass is 16.2. The molecule has 2 unspecified atom stereocenters. The van der Waals surface area contributed by atoms with Crippen LogP contribution in [0.25, 0.3) is 0 Å². The molecule has 0 spiro atoms. The van der Waals surface area contributed by atoms with Crippen molar-refractivity contribution in [3.05, 3.63) is 0 Å². The van der Waals surface area contributed by atoms with Crippen molar-refractivity contribution in [3.63, 3.8) is 0 Å². The number of nitrogens with one attached hydrogen (secondary N) is 1. The maximum atomic E-state index is 12.0. The molecule has 0 radical (unpaired) electrons. The number of carbonyl (C=O) groups is 2. The standard InChI is InChI=1S/C13H23N3O2/c1-3-11-13(18)14-7-12(17)16(11)9-10-5-4-6-15(2)8-10/h10-11H,3-9H2,1-2H3,(H,14,18). The largest absolute Gasteiger partial charge is 0.345 e. The average Bonchev–Trinajstić information content (AvgIpc) is 2.34. The zero-order valence-corrected chi connectivity index (χ0v) is 11.3. The predicted molar refractivity (Wildman–Crippen MR) is 69.0 cm³/mol. The van der Waals surface area contributed by atoms with Crippen molar-refractivity contribution in [3.8, 4) is 0 Å². The first kappa shape index (κ1) is 13.3. The molecule has 5 heteroatoms. The van der Waals surface area contributed by atoms with Crippen molar-refractivity contribution < 1.29 is 9.59 Å². The summed E-state index contributed by atoms with van der Waals surface area (Å²) in [6.45, 7) is 5.03. The van der Waals surface area contributed by atoms with Crippen LogP contribution in [0.1, 0.15) is 26.2 Å². The fraction of sp³-hybridized carbons (Fsp3) is 0.846. The summed E-state index contributed by atoms with van der Waals surface area (Å²) in [6.07, 6.45) is 3.04. The Kier molecular flexibility index (Phi) is 4.22. The Balaban J connectivity index is 2.00. The Bertz CT molecular complexity index is 332. The third kappa shape index (κ3) is 2.83. The predicted octanol–water partition coefficient (Wildman–Crippen LogP) is 0.0652. The summed E-state index contributed by atoms with van der Waals surface area (Å²) in [5.74, 6) is 0.573. The minimum absolute atomic E-state index is 0.00117. The summed E-state index contributed by atoms with van der Waals surface area (Å²) in [4.78, 5) is 27.8. The third-order valence-corrected chi connectivity index (χ3v) is 3.98. The second-order valence-electron chi connectivity index (χ2n) is 5.46. The number of hydrogen-bond acceptors (Lipinski definition) is 3. The number of carbonyl (C=O) groups excluding carboxylic acids is 2. The molecule has 1 N–H and O–H groups in total. The molecule has 2 aliphatic rings. The number of hydrogen-bond donors (Lipinski definition) is 1. The SMILES string of the molecule is CCC1C(=O)NCC(=O)N1CC1CCCN(C)C1. The average molecular weight is 253 g/mol. The van der Waals surface area contributed by atoms with Gasteiger partial charge >= 0.3 is 0 Å². The van der Waals surface area contributed by atoms with Crippen LogP contribution in [0.4, 0.5) is 0 Å². The maximum Gasteiger partial charge on any atom is 0.243 e. The van der Waals surface area contributed by atoms with Crippen molar-refractivity contribution in [1.82, 2.24) is 15.1 Å². The minimum atomic E-state index is -0.265. The Hall–Kier alpha value is -1.10. The summed E-state index contributed by atoms with van der Waals surface area (Å²) >= 11 is 0. The van der Waals surface area contributed by atoms with E-state index in [4.69, 9.17) is 0 Å². The Labute approximate surface area is 108 Å². The van der Waals surface area contributed by atoms with Crippen LogP contribution in [0.5, 0.6) is 0 Å². The van der Waals surface area contributed by atoms with Crippen LogP contribution in [0, 0.1) is 5.92 Å². The highest BCUT2D eigenvalue weighted by Gasteiger charge is 2.34. The van der Waals surface area contributed by atoms with Gasteiger partial charge in [0.25, 0.3) is 0 Å². The second kappa shape index (κ2) is 5.69. The van der Waals surface area contributed by atoms with E-state index in [0.717, 1.165) is 26.1 Å². The smallest absolute Gasteiger partial charge is 0.243 e. The van der Waals surface area contributed by atoms with Crippen LogP contribution in [0.2, 0.25) is 0 Å². The van der Waals surface area contributed by atoms with Crippen molar-refractivity contribution in [2.24, 2.45) is 5.92 Å². The first-order valence-electron chi connectivity index (χ1n) is 6.87. The summed E-state index contributed by atoms with van der Waals surface area (Å²) < 4.78 is 0. The summed E-state index contributed by atoms with van der Waals surface area (Å²) in [5.41, 5.74) is 0. The lowest BCUT2D eigenvalue weighted by Gasteiger charge is -2.39. The molecule has 0 saturated carbocycles. The second-order valence-corrected chi connectivity index (χ2v) is 5.46. The molecule has 2 heterocycles. The number of piperazine rings is 1. The highest BCUT2D eigenvalue weighted by Crippen LogP contribution is 2.19. The lowest BCUT2D eigenvalue weighted by molar-refractivity contribution is -0.146. The number of likely N-dealkylation sites (tertiary alicyclic amines) is 1. The fourth-order valence-electron chi connectivity index (χ4n) is 3.03. The van der Waals surface area contributed by atoms with Crippen LogP contribution in [0.15, 0.2) is 0 Å². The van der Waals surface area contributed by atoms with E-state index in [0.29, 0.717) is 12.3 Å².